The van der Waals surface area contributed by atoms with Crippen molar-refractivity contribution in [3.05, 3.63) is 51.2 Å². The summed E-state index contributed by atoms with van der Waals surface area (Å²) < 4.78 is 5.66. The minimum atomic E-state index is -0.991. The molecule has 0 spiro atoms. The molecule has 7 heteroatoms. The monoisotopic (exact) mass is 409 g/mol. The van der Waals surface area contributed by atoms with Crippen molar-refractivity contribution in [2.24, 2.45) is 5.92 Å². The first kappa shape index (κ1) is 22.6. The van der Waals surface area contributed by atoms with E-state index in [1.165, 1.54) is 18.2 Å². The zero-order valence-corrected chi connectivity index (χ0v) is 16.8. The van der Waals surface area contributed by atoms with Gasteiger partial charge in [-0.15, -0.1) is 6.42 Å². The van der Waals surface area contributed by atoms with E-state index >= 15 is 0 Å². The first-order valence-corrected chi connectivity index (χ1v) is 8.90. The first-order valence-electron chi connectivity index (χ1n) is 8.15. The van der Waals surface area contributed by atoms with Gasteiger partial charge in [-0.1, -0.05) is 48.5 Å². The molecule has 0 aliphatic rings. The van der Waals surface area contributed by atoms with Crippen LogP contribution in [-0.2, 0) is 4.79 Å². The summed E-state index contributed by atoms with van der Waals surface area (Å²) in [6, 6.07) is 4.56. The van der Waals surface area contributed by atoms with Crippen LogP contribution in [-0.4, -0.2) is 23.5 Å². The van der Waals surface area contributed by atoms with Crippen LogP contribution in [0.25, 0.3) is 0 Å². The van der Waals surface area contributed by atoms with Crippen molar-refractivity contribution < 1.29 is 19.4 Å². The number of benzene rings is 1. The molecule has 2 N–H and O–H groups in total. The number of carbonyl (C=O) groups is 2. The van der Waals surface area contributed by atoms with E-state index < -0.39 is 5.97 Å². The number of nitrogens with one attached hydrogen (secondary N) is 1. The van der Waals surface area contributed by atoms with Gasteiger partial charge in [0.25, 0.3) is 5.91 Å². The molecule has 0 radical (unpaired) electrons. The Morgan fingerprint density at radius 3 is 2.59 bits per heavy atom. The minimum absolute atomic E-state index is 0.0328. The van der Waals surface area contributed by atoms with Crippen LogP contribution in [0.15, 0.2) is 40.6 Å². The van der Waals surface area contributed by atoms with Crippen LogP contribution in [0.4, 0.5) is 0 Å². The van der Waals surface area contributed by atoms with Crippen LogP contribution in [0, 0.1) is 18.3 Å². The average Bonchev–Trinajstić information content (AvgIpc) is 2.59. The third kappa shape index (κ3) is 7.78. The molecule has 0 saturated carbocycles. The number of allylic oxidation sites excluding steroid dienone is 2. The second-order valence-corrected chi connectivity index (χ2v) is 7.02. The van der Waals surface area contributed by atoms with Crippen molar-refractivity contribution in [2.75, 3.05) is 6.54 Å². The maximum absolute atomic E-state index is 12.1. The fourth-order valence-electron chi connectivity index (χ4n) is 1.96. The first-order chi connectivity index (χ1) is 12.6. The van der Waals surface area contributed by atoms with Gasteiger partial charge in [0.05, 0.1) is 11.4 Å². The molecule has 1 aromatic carbocycles. The van der Waals surface area contributed by atoms with E-state index in [1.54, 1.807) is 13.0 Å². The lowest BCUT2D eigenvalue weighted by Gasteiger charge is -2.12. The van der Waals surface area contributed by atoms with Gasteiger partial charge in [-0.2, -0.15) is 0 Å². The zero-order valence-electron chi connectivity index (χ0n) is 15.3. The molecule has 144 valence electrons. The molecule has 1 amide bonds. The summed E-state index contributed by atoms with van der Waals surface area (Å²) in [5, 5.41) is 11.8. The van der Waals surface area contributed by atoms with E-state index in [1.807, 2.05) is 13.8 Å². The molecule has 0 aliphatic carbocycles. The number of halogens is 2. The number of carboxylic acids is 1. The summed E-state index contributed by atoms with van der Waals surface area (Å²) in [4.78, 5) is 22.9. The van der Waals surface area contributed by atoms with Crippen molar-refractivity contribution in [3.63, 3.8) is 0 Å². The molecule has 0 aromatic heterocycles. The number of hydrogen-bond acceptors (Lipinski definition) is 3. The number of terminal acetylenes is 1. The van der Waals surface area contributed by atoms with Crippen LogP contribution >= 0.6 is 23.2 Å². The van der Waals surface area contributed by atoms with E-state index in [-0.39, 0.29) is 33.9 Å². The third-order valence-corrected chi connectivity index (χ3v) is 3.83. The Kier molecular flexibility index (Phi) is 8.93. The van der Waals surface area contributed by atoms with Crippen molar-refractivity contribution >= 4 is 35.1 Å². The lowest BCUT2D eigenvalue weighted by molar-refractivity contribution is -0.136. The van der Waals surface area contributed by atoms with Crippen LogP contribution < -0.4 is 10.1 Å². The van der Waals surface area contributed by atoms with Gasteiger partial charge < -0.3 is 15.2 Å². The Labute approximate surface area is 169 Å². The molecule has 0 heterocycles. The van der Waals surface area contributed by atoms with Gasteiger partial charge in [0, 0.05) is 12.1 Å². The SMILES string of the molecule is C#C/C(Cl)=C(\C=C(/C)CC(=O)O)Oc1ccc(C(=O)NCC(C)C)cc1Cl. The fourth-order valence-corrected chi connectivity index (χ4v) is 2.28. The number of amides is 1. The predicted molar refractivity (Wildman–Crippen MR) is 107 cm³/mol. The van der Waals surface area contributed by atoms with E-state index in [0.717, 1.165) is 0 Å². The summed E-state index contributed by atoms with van der Waals surface area (Å²) in [6.07, 6.45) is 6.56. The fraction of sp³-hybridized carbons (Fsp3) is 0.300. The summed E-state index contributed by atoms with van der Waals surface area (Å²) >= 11 is 12.2. The molecule has 0 bridgehead atoms. The number of ether oxygens (including phenoxy) is 1. The highest BCUT2D eigenvalue weighted by Crippen LogP contribution is 2.29. The van der Waals surface area contributed by atoms with Crippen molar-refractivity contribution in [3.8, 4) is 18.1 Å². The minimum Gasteiger partial charge on any atom is -0.481 e. The van der Waals surface area contributed by atoms with Crippen LogP contribution in [0.1, 0.15) is 37.6 Å². The maximum Gasteiger partial charge on any atom is 0.307 e. The smallest absolute Gasteiger partial charge is 0.307 e. The van der Waals surface area contributed by atoms with Crippen LogP contribution in [0.5, 0.6) is 5.75 Å². The number of carbonyl (C=O) groups excluding carboxylic acids is 1. The molecule has 27 heavy (non-hydrogen) atoms. The zero-order chi connectivity index (χ0) is 20.6. The molecule has 1 rings (SSSR count). The molecule has 0 aliphatic heterocycles. The number of hydrogen-bond donors (Lipinski definition) is 2. The van der Waals surface area contributed by atoms with Crippen LogP contribution in [0.3, 0.4) is 0 Å². The summed E-state index contributed by atoms with van der Waals surface area (Å²) in [5.41, 5.74) is 0.880. The number of carboxylic acid groups (broad SMARTS) is 1. The Balaban J connectivity index is 3.06. The Morgan fingerprint density at radius 1 is 1.41 bits per heavy atom. The molecule has 0 atom stereocenters. The van der Waals surface area contributed by atoms with E-state index in [2.05, 4.69) is 11.2 Å². The predicted octanol–water partition coefficient (Wildman–Crippen LogP) is 4.61. The van der Waals surface area contributed by atoms with Crippen molar-refractivity contribution in [2.45, 2.75) is 27.2 Å². The molecule has 0 unspecified atom stereocenters. The second-order valence-electron chi connectivity index (χ2n) is 6.23. The van der Waals surface area contributed by atoms with Gasteiger partial charge in [-0.3, -0.25) is 9.59 Å². The lowest BCUT2D eigenvalue weighted by atomic mass is 10.1. The number of aliphatic carboxylic acids is 1. The summed E-state index contributed by atoms with van der Waals surface area (Å²) in [6.45, 7) is 6.15. The van der Waals surface area contributed by atoms with E-state index in [9.17, 15) is 9.59 Å². The van der Waals surface area contributed by atoms with Gasteiger partial charge in [-0.05, 0) is 37.1 Å². The molecule has 5 nitrogen and oxygen atoms in total. The second kappa shape index (κ2) is 10.7. The summed E-state index contributed by atoms with van der Waals surface area (Å²) in [7, 11) is 0. The third-order valence-electron chi connectivity index (χ3n) is 3.24. The number of rotatable bonds is 8. The van der Waals surface area contributed by atoms with Gasteiger partial charge in [0.15, 0.2) is 5.76 Å². The van der Waals surface area contributed by atoms with Crippen molar-refractivity contribution in [1.82, 2.24) is 5.32 Å². The molecule has 1 aromatic rings. The molecule has 0 saturated heterocycles. The van der Waals surface area contributed by atoms with Gasteiger partial charge in [-0.25, -0.2) is 0 Å². The van der Waals surface area contributed by atoms with Gasteiger partial charge in [0.2, 0.25) is 0 Å². The molecular weight excluding hydrogens is 389 g/mol. The largest absolute Gasteiger partial charge is 0.481 e. The average molecular weight is 410 g/mol. The Morgan fingerprint density at radius 2 is 2.07 bits per heavy atom. The van der Waals surface area contributed by atoms with E-state index in [0.29, 0.717) is 23.6 Å². The standard InChI is InChI=1S/C20H21Cl2NO4/c1-5-15(21)18(8-13(4)9-19(24)25)27-17-7-6-14(10-16(17)22)20(26)23-11-12(2)3/h1,6-8,10,12H,9,11H2,2-4H3,(H,23,26)(H,24,25)/b13-8+,18-15-. The topological polar surface area (TPSA) is 75.6 Å². The lowest BCUT2D eigenvalue weighted by Crippen LogP contribution is -2.27. The maximum atomic E-state index is 12.1. The van der Waals surface area contributed by atoms with Gasteiger partial charge >= 0.3 is 5.97 Å². The highest BCUT2D eigenvalue weighted by molar-refractivity contribution is 6.33. The molecule has 0 fully saturated rings. The van der Waals surface area contributed by atoms with Gasteiger partial charge in [0.1, 0.15) is 10.8 Å². The Bertz CT molecular complexity index is 820. The highest BCUT2D eigenvalue weighted by Gasteiger charge is 2.13. The quantitative estimate of drug-likeness (QED) is 0.373. The summed E-state index contributed by atoms with van der Waals surface area (Å²) in [5.74, 6) is 1.66. The Hall–Kier alpha value is -2.42. The van der Waals surface area contributed by atoms with E-state index in [4.69, 9.17) is 39.5 Å². The van der Waals surface area contributed by atoms with Crippen LogP contribution in [0.2, 0.25) is 5.02 Å². The normalized spacial score (nSPS) is 12.3. The molecular formula is C20H21Cl2NO4. The highest BCUT2D eigenvalue weighted by atomic mass is 35.5. The van der Waals surface area contributed by atoms with Crippen molar-refractivity contribution in [1.29, 1.82) is 0 Å².